The van der Waals surface area contributed by atoms with Crippen molar-refractivity contribution in [1.82, 2.24) is 24.3 Å². The summed E-state index contributed by atoms with van der Waals surface area (Å²) in [6, 6.07) is 15.8. The Bertz CT molecular complexity index is 1190. The molecule has 1 amide bonds. The molecule has 0 spiro atoms. The second-order valence-electron chi connectivity index (χ2n) is 7.47. The van der Waals surface area contributed by atoms with Crippen LogP contribution in [0.3, 0.4) is 0 Å². The number of rotatable bonds is 3. The number of hydrogen-bond donors (Lipinski definition) is 0. The number of amides is 1. The molecule has 0 atom stereocenters. The van der Waals surface area contributed by atoms with E-state index in [0.717, 1.165) is 41.5 Å². The van der Waals surface area contributed by atoms with Crippen LogP contribution in [0, 0.1) is 6.92 Å². The van der Waals surface area contributed by atoms with Crippen molar-refractivity contribution in [1.29, 1.82) is 0 Å². The molecule has 1 fully saturated rings. The normalized spacial score (nSPS) is 14.3. The van der Waals surface area contributed by atoms with E-state index in [4.69, 9.17) is 4.98 Å². The summed E-state index contributed by atoms with van der Waals surface area (Å²) in [5, 5.41) is 0. The van der Waals surface area contributed by atoms with Crippen LogP contribution >= 0.6 is 0 Å². The van der Waals surface area contributed by atoms with E-state index in [1.54, 1.807) is 6.33 Å². The maximum atomic E-state index is 13.1. The van der Waals surface area contributed by atoms with Crippen molar-refractivity contribution in [3.8, 4) is 11.3 Å². The van der Waals surface area contributed by atoms with E-state index in [-0.39, 0.29) is 5.91 Å². The Morgan fingerprint density at radius 3 is 2.53 bits per heavy atom. The van der Waals surface area contributed by atoms with E-state index in [1.165, 1.54) is 0 Å². The van der Waals surface area contributed by atoms with Crippen LogP contribution in [0.4, 0.5) is 5.82 Å². The van der Waals surface area contributed by atoms with E-state index in [9.17, 15) is 4.79 Å². The van der Waals surface area contributed by atoms with Gasteiger partial charge in [-0.2, -0.15) is 0 Å². The van der Waals surface area contributed by atoms with Gasteiger partial charge in [0.1, 0.15) is 17.8 Å². The van der Waals surface area contributed by atoms with Crippen LogP contribution in [0.1, 0.15) is 16.1 Å². The Labute approximate surface area is 174 Å². The molecule has 3 aromatic heterocycles. The summed E-state index contributed by atoms with van der Waals surface area (Å²) in [5.41, 5.74) is 4.34. The molecule has 150 valence electrons. The zero-order valence-electron chi connectivity index (χ0n) is 16.8. The highest BCUT2D eigenvalue weighted by Crippen LogP contribution is 2.20. The number of aryl methyl sites for hydroxylation is 1. The third kappa shape index (κ3) is 3.50. The first-order valence-electron chi connectivity index (χ1n) is 10.0. The lowest BCUT2D eigenvalue weighted by molar-refractivity contribution is 0.0746. The number of benzene rings is 1. The minimum atomic E-state index is 0.0419. The number of anilines is 1. The molecule has 5 rings (SSSR count). The third-order valence-corrected chi connectivity index (χ3v) is 5.46. The van der Waals surface area contributed by atoms with Crippen molar-refractivity contribution in [2.45, 2.75) is 6.92 Å². The average molecular weight is 398 g/mol. The van der Waals surface area contributed by atoms with E-state index < -0.39 is 0 Å². The number of carbonyl (C=O) groups excluding carboxylic acids is 1. The van der Waals surface area contributed by atoms with Gasteiger partial charge in [-0.3, -0.25) is 4.79 Å². The highest BCUT2D eigenvalue weighted by Gasteiger charge is 2.23. The van der Waals surface area contributed by atoms with Crippen LogP contribution in [-0.2, 0) is 0 Å². The second kappa shape index (κ2) is 7.59. The standard InChI is InChI=1S/C23H22N6O/c1-17-13-21(25-16-24-17)27-9-11-28(12-10-27)23(30)19-7-8-29-15-20(26-22(29)14-19)18-5-3-2-4-6-18/h2-8,13-16H,9-12H2,1H3. The fraction of sp³-hybridized carbons (Fsp3) is 0.217. The Kier molecular flexibility index (Phi) is 4.63. The van der Waals surface area contributed by atoms with Crippen LogP contribution < -0.4 is 4.90 Å². The average Bonchev–Trinajstić information content (AvgIpc) is 3.23. The maximum Gasteiger partial charge on any atom is 0.254 e. The number of carbonyl (C=O) groups is 1. The van der Waals surface area contributed by atoms with Crippen molar-refractivity contribution in [3.63, 3.8) is 0 Å². The lowest BCUT2D eigenvalue weighted by atomic mass is 10.2. The van der Waals surface area contributed by atoms with Gasteiger partial charge < -0.3 is 14.2 Å². The van der Waals surface area contributed by atoms with Gasteiger partial charge in [-0.15, -0.1) is 0 Å². The van der Waals surface area contributed by atoms with Crippen LogP contribution in [0.2, 0.25) is 0 Å². The number of nitrogens with zero attached hydrogens (tertiary/aromatic N) is 6. The highest BCUT2D eigenvalue weighted by molar-refractivity contribution is 5.95. The molecule has 0 bridgehead atoms. The summed E-state index contributed by atoms with van der Waals surface area (Å²) in [6.07, 6.45) is 5.48. The van der Waals surface area contributed by atoms with Crippen LogP contribution in [0.15, 0.2) is 67.3 Å². The van der Waals surface area contributed by atoms with Gasteiger partial charge >= 0.3 is 0 Å². The van der Waals surface area contributed by atoms with E-state index >= 15 is 0 Å². The first-order chi connectivity index (χ1) is 14.7. The first kappa shape index (κ1) is 18.3. The Hall–Kier alpha value is -3.74. The number of pyridine rings is 1. The van der Waals surface area contributed by atoms with Crippen LogP contribution in [-0.4, -0.2) is 56.3 Å². The fourth-order valence-electron chi connectivity index (χ4n) is 3.80. The number of fused-ring (bicyclic) bond motifs is 1. The quantitative estimate of drug-likeness (QED) is 0.531. The first-order valence-corrected chi connectivity index (χ1v) is 10.0. The van der Waals surface area contributed by atoms with E-state index in [1.807, 2.05) is 77.1 Å². The van der Waals surface area contributed by atoms with Gasteiger partial charge in [0.05, 0.1) is 5.69 Å². The van der Waals surface area contributed by atoms with Gasteiger partial charge in [0, 0.05) is 61.5 Å². The van der Waals surface area contributed by atoms with Gasteiger partial charge in [-0.25, -0.2) is 15.0 Å². The van der Waals surface area contributed by atoms with Crippen molar-refractivity contribution < 1.29 is 4.79 Å². The molecule has 0 aliphatic carbocycles. The molecule has 4 aromatic rings. The molecule has 7 heteroatoms. The molecular formula is C23H22N6O. The fourth-order valence-corrected chi connectivity index (χ4v) is 3.80. The van der Waals surface area contributed by atoms with Crippen molar-refractivity contribution in [3.05, 3.63) is 78.5 Å². The molecule has 1 aromatic carbocycles. The zero-order valence-corrected chi connectivity index (χ0v) is 16.8. The third-order valence-electron chi connectivity index (χ3n) is 5.46. The smallest absolute Gasteiger partial charge is 0.254 e. The Morgan fingerprint density at radius 1 is 0.967 bits per heavy atom. The van der Waals surface area contributed by atoms with Gasteiger partial charge in [-0.1, -0.05) is 30.3 Å². The predicted octanol–water partition coefficient (Wildman–Crippen LogP) is 3.06. The molecule has 1 aliphatic rings. The molecule has 7 nitrogen and oxygen atoms in total. The molecule has 0 saturated carbocycles. The molecule has 0 N–H and O–H groups in total. The van der Waals surface area contributed by atoms with Crippen molar-refractivity contribution >= 4 is 17.4 Å². The molecule has 1 aliphatic heterocycles. The molecule has 0 radical (unpaired) electrons. The Balaban J connectivity index is 1.31. The molecule has 4 heterocycles. The highest BCUT2D eigenvalue weighted by atomic mass is 16.2. The lowest BCUT2D eigenvalue weighted by Gasteiger charge is -2.35. The van der Waals surface area contributed by atoms with Gasteiger partial charge in [0.15, 0.2) is 0 Å². The summed E-state index contributed by atoms with van der Waals surface area (Å²) in [4.78, 5) is 30.4. The molecule has 30 heavy (non-hydrogen) atoms. The van der Waals surface area contributed by atoms with Crippen LogP contribution in [0.25, 0.3) is 16.9 Å². The predicted molar refractivity (Wildman–Crippen MR) is 116 cm³/mol. The summed E-state index contributed by atoms with van der Waals surface area (Å²) in [6.45, 7) is 4.80. The zero-order chi connectivity index (χ0) is 20.5. The number of piperazine rings is 1. The monoisotopic (exact) mass is 398 g/mol. The largest absolute Gasteiger partial charge is 0.353 e. The SMILES string of the molecule is Cc1cc(N2CCN(C(=O)c3ccn4cc(-c5ccccc5)nc4c3)CC2)ncn1. The van der Waals surface area contributed by atoms with Crippen molar-refractivity contribution in [2.75, 3.05) is 31.1 Å². The van der Waals surface area contributed by atoms with Crippen molar-refractivity contribution in [2.24, 2.45) is 0 Å². The minimum Gasteiger partial charge on any atom is -0.353 e. The second-order valence-corrected chi connectivity index (χ2v) is 7.47. The summed E-state index contributed by atoms with van der Waals surface area (Å²) in [7, 11) is 0. The maximum absolute atomic E-state index is 13.1. The van der Waals surface area contributed by atoms with Gasteiger partial charge in [0.2, 0.25) is 0 Å². The number of hydrogen-bond acceptors (Lipinski definition) is 5. The van der Waals surface area contributed by atoms with Crippen LogP contribution in [0.5, 0.6) is 0 Å². The molecular weight excluding hydrogens is 376 g/mol. The lowest BCUT2D eigenvalue weighted by Crippen LogP contribution is -2.49. The Morgan fingerprint density at radius 2 is 1.77 bits per heavy atom. The number of imidazole rings is 1. The van der Waals surface area contributed by atoms with Gasteiger partial charge in [0.25, 0.3) is 5.91 Å². The van der Waals surface area contributed by atoms with E-state index in [2.05, 4.69) is 14.9 Å². The molecule has 0 unspecified atom stereocenters. The summed E-state index contributed by atoms with van der Waals surface area (Å²) >= 11 is 0. The number of aromatic nitrogens is 4. The van der Waals surface area contributed by atoms with Gasteiger partial charge in [-0.05, 0) is 19.1 Å². The summed E-state index contributed by atoms with van der Waals surface area (Å²) < 4.78 is 1.95. The summed E-state index contributed by atoms with van der Waals surface area (Å²) in [5.74, 6) is 0.960. The molecule has 1 saturated heterocycles. The topological polar surface area (TPSA) is 66.6 Å². The minimum absolute atomic E-state index is 0.0419. The van der Waals surface area contributed by atoms with E-state index in [0.29, 0.717) is 18.7 Å².